The van der Waals surface area contributed by atoms with Crippen LogP contribution in [0, 0.1) is 5.92 Å². The maximum Gasteiger partial charge on any atom is 0.172 e. The van der Waals surface area contributed by atoms with E-state index in [4.69, 9.17) is 14.7 Å². The standard InChI is InChI=1S/C18H24N4O2/c1-13-6-7-22(12-16(13)23)18-17(21-8-10-24-11-9-21)19-14-4-2-3-5-15(14)20-18/h2-5,13,16,23H,6-12H2,1H3. The van der Waals surface area contributed by atoms with Gasteiger partial charge in [0, 0.05) is 26.2 Å². The Kier molecular flexibility index (Phi) is 4.24. The highest BCUT2D eigenvalue weighted by Crippen LogP contribution is 2.31. The van der Waals surface area contributed by atoms with Crippen molar-refractivity contribution in [3.05, 3.63) is 24.3 Å². The number of rotatable bonds is 2. The summed E-state index contributed by atoms with van der Waals surface area (Å²) in [7, 11) is 0. The number of anilines is 2. The van der Waals surface area contributed by atoms with Crippen molar-refractivity contribution in [2.45, 2.75) is 19.4 Å². The quantitative estimate of drug-likeness (QED) is 0.905. The predicted octanol–water partition coefficient (Wildman–Crippen LogP) is 1.67. The number of fused-ring (bicyclic) bond motifs is 1. The molecule has 2 atom stereocenters. The van der Waals surface area contributed by atoms with E-state index in [2.05, 4.69) is 16.7 Å². The molecule has 2 fully saturated rings. The third-order valence-electron chi connectivity index (χ3n) is 5.06. The largest absolute Gasteiger partial charge is 0.391 e. The number of piperidine rings is 1. The Morgan fingerprint density at radius 2 is 1.62 bits per heavy atom. The van der Waals surface area contributed by atoms with E-state index >= 15 is 0 Å². The van der Waals surface area contributed by atoms with E-state index in [9.17, 15) is 5.11 Å². The summed E-state index contributed by atoms with van der Waals surface area (Å²) in [6, 6.07) is 7.98. The third-order valence-corrected chi connectivity index (χ3v) is 5.06. The summed E-state index contributed by atoms with van der Waals surface area (Å²) in [6.45, 7) is 6.71. The number of aliphatic hydroxyl groups excluding tert-OH is 1. The van der Waals surface area contributed by atoms with E-state index in [0.29, 0.717) is 25.7 Å². The van der Waals surface area contributed by atoms with Gasteiger partial charge in [0.25, 0.3) is 0 Å². The zero-order chi connectivity index (χ0) is 16.5. The summed E-state index contributed by atoms with van der Waals surface area (Å²) in [4.78, 5) is 14.2. The van der Waals surface area contributed by atoms with Crippen molar-refractivity contribution >= 4 is 22.7 Å². The molecule has 24 heavy (non-hydrogen) atoms. The number of nitrogens with zero attached hydrogens (tertiary/aromatic N) is 4. The van der Waals surface area contributed by atoms with Gasteiger partial charge in [0.15, 0.2) is 11.6 Å². The number of hydrogen-bond acceptors (Lipinski definition) is 6. The van der Waals surface area contributed by atoms with Crippen molar-refractivity contribution < 1.29 is 9.84 Å². The summed E-state index contributed by atoms with van der Waals surface area (Å²) in [5.41, 5.74) is 1.81. The molecule has 2 aliphatic heterocycles. The minimum atomic E-state index is -0.315. The van der Waals surface area contributed by atoms with Gasteiger partial charge in [0.1, 0.15) is 0 Å². The van der Waals surface area contributed by atoms with Gasteiger partial charge in [0.05, 0.1) is 30.4 Å². The Bertz CT molecular complexity index is 717. The molecule has 1 aromatic carbocycles. The van der Waals surface area contributed by atoms with E-state index in [1.54, 1.807) is 0 Å². The molecule has 4 rings (SSSR count). The van der Waals surface area contributed by atoms with E-state index in [1.165, 1.54) is 0 Å². The van der Waals surface area contributed by atoms with Gasteiger partial charge in [-0.1, -0.05) is 19.1 Å². The highest BCUT2D eigenvalue weighted by molar-refractivity contribution is 5.81. The second kappa shape index (κ2) is 6.53. The van der Waals surface area contributed by atoms with Gasteiger partial charge in [0.2, 0.25) is 0 Å². The summed E-state index contributed by atoms with van der Waals surface area (Å²) in [5.74, 6) is 2.14. The monoisotopic (exact) mass is 328 g/mol. The lowest BCUT2D eigenvalue weighted by molar-refractivity contribution is 0.102. The molecule has 0 saturated carbocycles. The molecule has 2 aromatic rings. The molecule has 0 aliphatic carbocycles. The van der Waals surface area contributed by atoms with Gasteiger partial charge in [-0.3, -0.25) is 0 Å². The molecule has 2 saturated heterocycles. The second-order valence-corrected chi connectivity index (χ2v) is 6.74. The summed E-state index contributed by atoms with van der Waals surface area (Å²) in [6.07, 6.45) is 0.655. The van der Waals surface area contributed by atoms with Gasteiger partial charge in [-0.05, 0) is 24.5 Å². The number of benzene rings is 1. The van der Waals surface area contributed by atoms with Crippen LogP contribution in [-0.2, 0) is 4.74 Å². The van der Waals surface area contributed by atoms with Crippen LogP contribution in [0.15, 0.2) is 24.3 Å². The molecule has 1 aromatic heterocycles. The topological polar surface area (TPSA) is 61.7 Å². The molecule has 0 bridgehead atoms. The lowest BCUT2D eigenvalue weighted by atomic mass is 9.96. The predicted molar refractivity (Wildman–Crippen MR) is 94.6 cm³/mol. The first kappa shape index (κ1) is 15.6. The maximum atomic E-state index is 10.3. The van der Waals surface area contributed by atoms with E-state index in [1.807, 2.05) is 24.3 Å². The Labute approximate surface area is 142 Å². The van der Waals surface area contributed by atoms with Crippen LogP contribution in [0.4, 0.5) is 11.6 Å². The normalized spacial score (nSPS) is 25.2. The summed E-state index contributed by atoms with van der Waals surface area (Å²) < 4.78 is 5.48. The van der Waals surface area contributed by atoms with Gasteiger partial charge in [-0.2, -0.15) is 0 Å². The number of morpholine rings is 1. The summed E-state index contributed by atoms with van der Waals surface area (Å²) >= 11 is 0. The fourth-order valence-electron chi connectivity index (χ4n) is 3.42. The highest BCUT2D eigenvalue weighted by atomic mass is 16.5. The molecule has 1 N–H and O–H groups in total. The van der Waals surface area contributed by atoms with Gasteiger partial charge in [-0.15, -0.1) is 0 Å². The van der Waals surface area contributed by atoms with E-state index in [0.717, 1.165) is 48.7 Å². The van der Waals surface area contributed by atoms with E-state index < -0.39 is 0 Å². The molecule has 0 amide bonds. The van der Waals surface area contributed by atoms with Crippen LogP contribution in [0.1, 0.15) is 13.3 Å². The highest BCUT2D eigenvalue weighted by Gasteiger charge is 2.29. The van der Waals surface area contributed by atoms with Crippen molar-refractivity contribution in [2.24, 2.45) is 5.92 Å². The molecule has 3 heterocycles. The van der Waals surface area contributed by atoms with Crippen molar-refractivity contribution in [1.82, 2.24) is 9.97 Å². The maximum absolute atomic E-state index is 10.3. The number of aromatic nitrogens is 2. The zero-order valence-electron chi connectivity index (χ0n) is 14.1. The lowest BCUT2D eigenvalue weighted by Crippen LogP contribution is -2.45. The number of hydrogen-bond donors (Lipinski definition) is 1. The van der Waals surface area contributed by atoms with E-state index in [-0.39, 0.29) is 6.10 Å². The van der Waals surface area contributed by atoms with Crippen molar-refractivity contribution in [2.75, 3.05) is 49.2 Å². The second-order valence-electron chi connectivity index (χ2n) is 6.74. The first-order valence-corrected chi connectivity index (χ1v) is 8.75. The van der Waals surface area contributed by atoms with Crippen LogP contribution in [0.25, 0.3) is 11.0 Å². The average molecular weight is 328 g/mol. The van der Waals surface area contributed by atoms with Gasteiger partial charge in [-0.25, -0.2) is 9.97 Å². The number of aliphatic hydroxyl groups is 1. The Morgan fingerprint density at radius 1 is 1.00 bits per heavy atom. The zero-order valence-corrected chi connectivity index (χ0v) is 14.1. The van der Waals surface area contributed by atoms with Crippen LogP contribution in [0.3, 0.4) is 0 Å². The van der Waals surface area contributed by atoms with Crippen LogP contribution in [0.5, 0.6) is 0 Å². The number of para-hydroxylation sites is 2. The molecule has 0 spiro atoms. The van der Waals surface area contributed by atoms with Crippen LogP contribution in [-0.4, -0.2) is 60.6 Å². The molecular weight excluding hydrogens is 304 g/mol. The molecule has 128 valence electrons. The minimum absolute atomic E-state index is 0.315. The SMILES string of the molecule is CC1CCN(c2nc3ccccc3nc2N2CCOCC2)CC1O. The third kappa shape index (κ3) is 2.91. The van der Waals surface area contributed by atoms with Crippen molar-refractivity contribution in [3.63, 3.8) is 0 Å². The molecule has 0 radical (unpaired) electrons. The first-order valence-electron chi connectivity index (χ1n) is 8.75. The van der Waals surface area contributed by atoms with Gasteiger partial charge < -0.3 is 19.6 Å². The molecule has 2 aliphatic rings. The Morgan fingerprint density at radius 3 is 2.25 bits per heavy atom. The van der Waals surface area contributed by atoms with Crippen LogP contribution < -0.4 is 9.80 Å². The summed E-state index contributed by atoms with van der Waals surface area (Å²) in [5, 5.41) is 10.3. The fourth-order valence-corrected chi connectivity index (χ4v) is 3.42. The molecule has 6 heteroatoms. The van der Waals surface area contributed by atoms with Crippen LogP contribution >= 0.6 is 0 Å². The average Bonchev–Trinajstić information content (AvgIpc) is 2.63. The number of ether oxygens (including phenoxy) is 1. The van der Waals surface area contributed by atoms with Crippen molar-refractivity contribution in [1.29, 1.82) is 0 Å². The Balaban J connectivity index is 1.76. The molecule has 6 nitrogen and oxygen atoms in total. The molecule has 2 unspecified atom stereocenters. The van der Waals surface area contributed by atoms with Crippen molar-refractivity contribution in [3.8, 4) is 0 Å². The fraction of sp³-hybridized carbons (Fsp3) is 0.556. The van der Waals surface area contributed by atoms with Gasteiger partial charge >= 0.3 is 0 Å². The first-order chi connectivity index (χ1) is 11.7. The van der Waals surface area contributed by atoms with Crippen LogP contribution in [0.2, 0.25) is 0 Å². The smallest absolute Gasteiger partial charge is 0.172 e. The Hall–Kier alpha value is -1.92. The lowest BCUT2D eigenvalue weighted by Gasteiger charge is -2.37. The number of β-amino-alcohol motifs (C(OH)–C–C–N with tert-alkyl or cyclic N) is 1. The minimum Gasteiger partial charge on any atom is -0.391 e. The molecular formula is C18H24N4O2.